The lowest BCUT2D eigenvalue weighted by molar-refractivity contribution is 0.252. The first-order chi connectivity index (χ1) is 13.5. The zero-order valence-corrected chi connectivity index (χ0v) is 18.3. The molecule has 0 aliphatic heterocycles. The third-order valence-corrected chi connectivity index (χ3v) is 5.98. The minimum absolute atomic E-state index is 0.827. The van der Waals surface area contributed by atoms with Crippen LogP contribution in [-0.2, 0) is 13.1 Å². The summed E-state index contributed by atoms with van der Waals surface area (Å²) in [6.07, 6.45) is 5.51. The van der Waals surface area contributed by atoms with Crippen LogP contribution in [0.2, 0.25) is 0 Å². The van der Waals surface area contributed by atoms with Gasteiger partial charge in [-0.1, -0.05) is 65.1 Å². The van der Waals surface area contributed by atoms with Gasteiger partial charge in [0.2, 0.25) is 0 Å². The first-order valence-electron chi connectivity index (χ1n) is 11.0. The van der Waals surface area contributed by atoms with Gasteiger partial charge >= 0.3 is 0 Å². The highest BCUT2D eigenvalue weighted by Crippen LogP contribution is 2.28. The van der Waals surface area contributed by atoms with Crippen LogP contribution in [0.5, 0.6) is 0 Å². The largest absolute Gasteiger partial charge is 0.312 e. The molecule has 0 amide bonds. The van der Waals surface area contributed by atoms with Crippen molar-refractivity contribution in [1.29, 1.82) is 0 Å². The van der Waals surface area contributed by atoms with Crippen molar-refractivity contribution in [2.45, 2.75) is 66.5 Å². The van der Waals surface area contributed by atoms with Crippen molar-refractivity contribution in [3.63, 3.8) is 0 Å². The summed E-state index contributed by atoms with van der Waals surface area (Å²) in [6.45, 7) is 13.0. The van der Waals surface area contributed by atoms with Crippen LogP contribution in [0.4, 0.5) is 0 Å². The Morgan fingerprint density at radius 1 is 0.643 bits per heavy atom. The van der Waals surface area contributed by atoms with Crippen molar-refractivity contribution in [3.8, 4) is 0 Å². The molecule has 1 aliphatic rings. The first kappa shape index (κ1) is 21.1. The quantitative estimate of drug-likeness (QED) is 0.624. The van der Waals surface area contributed by atoms with Gasteiger partial charge in [0.1, 0.15) is 0 Å². The zero-order valence-electron chi connectivity index (χ0n) is 18.3. The van der Waals surface area contributed by atoms with Crippen molar-refractivity contribution >= 4 is 0 Å². The molecule has 2 nitrogen and oxygen atoms in total. The molecular formula is C26H38N2. The highest BCUT2D eigenvalue weighted by Gasteiger charge is 2.21. The maximum Gasteiger partial charge on any atom is 0.0205 e. The Kier molecular flexibility index (Phi) is 7.70. The Labute approximate surface area is 172 Å². The monoisotopic (exact) mass is 378 g/mol. The molecule has 28 heavy (non-hydrogen) atoms. The second-order valence-electron chi connectivity index (χ2n) is 9.15. The lowest BCUT2D eigenvalue weighted by Gasteiger charge is -2.29. The molecule has 1 aliphatic carbocycles. The summed E-state index contributed by atoms with van der Waals surface area (Å²) in [6, 6.07) is 13.7. The van der Waals surface area contributed by atoms with Crippen LogP contribution in [0, 0.1) is 39.5 Å². The van der Waals surface area contributed by atoms with Crippen molar-refractivity contribution in [3.05, 3.63) is 69.8 Å². The molecule has 1 saturated carbocycles. The molecule has 2 aromatic carbocycles. The Balaban J connectivity index is 1.38. The molecule has 0 aromatic heterocycles. The molecule has 2 unspecified atom stereocenters. The third-order valence-electron chi connectivity index (χ3n) is 5.98. The van der Waals surface area contributed by atoms with E-state index in [9.17, 15) is 0 Å². The summed E-state index contributed by atoms with van der Waals surface area (Å²) >= 11 is 0. The van der Waals surface area contributed by atoms with E-state index in [-0.39, 0.29) is 0 Å². The van der Waals surface area contributed by atoms with Crippen LogP contribution in [0.25, 0.3) is 0 Å². The highest BCUT2D eigenvalue weighted by molar-refractivity contribution is 5.29. The summed E-state index contributed by atoms with van der Waals surface area (Å²) in [5.41, 5.74) is 8.29. The number of nitrogens with one attached hydrogen (secondary N) is 2. The predicted octanol–water partition coefficient (Wildman–Crippen LogP) is 5.61. The third kappa shape index (κ3) is 6.76. The van der Waals surface area contributed by atoms with Gasteiger partial charge < -0.3 is 10.6 Å². The topological polar surface area (TPSA) is 24.1 Å². The SMILES string of the molecule is Cc1cc(C)cc(CNCC2CCCC(CNCc3cc(C)cc(C)c3)C2)c1. The van der Waals surface area contributed by atoms with E-state index in [2.05, 4.69) is 74.7 Å². The van der Waals surface area contributed by atoms with E-state index >= 15 is 0 Å². The fourth-order valence-electron chi connectivity index (χ4n) is 4.96. The van der Waals surface area contributed by atoms with E-state index in [0.717, 1.165) is 38.0 Å². The lowest BCUT2D eigenvalue weighted by Crippen LogP contribution is -2.31. The summed E-state index contributed by atoms with van der Waals surface area (Å²) in [4.78, 5) is 0. The van der Waals surface area contributed by atoms with Crippen LogP contribution < -0.4 is 10.6 Å². The van der Waals surface area contributed by atoms with E-state index in [0.29, 0.717) is 0 Å². The Bertz CT molecular complexity index is 661. The van der Waals surface area contributed by atoms with Gasteiger partial charge in [-0.15, -0.1) is 0 Å². The molecule has 152 valence electrons. The van der Waals surface area contributed by atoms with Crippen LogP contribution in [0.3, 0.4) is 0 Å². The van der Waals surface area contributed by atoms with E-state index < -0.39 is 0 Å². The molecule has 2 atom stereocenters. The fourth-order valence-corrected chi connectivity index (χ4v) is 4.96. The number of hydrogen-bond acceptors (Lipinski definition) is 2. The van der Waals surface area contributed by atoms with Gasteiger partial charge in [0, 0.05) is 13.1 Å². The van der Waals surface area contributed by atoms with Crippen LogP contribution in [-0.4, -0.2) is 13.1 Å². The molecule has 0 bridgehead atoms. The molecule has 0 spiro atoms. The minimum atomic E-state index is 0.827. The van der Waals surface area contributed by atoms with E-state index in [4.69, 9.17) is 0 Å². The second-order valence-corrected chi connectivity index (χ2v) is 9.15. The molecular weight excluding hydrogens is 340 g/mol. The average Bonchev–Trinajstić information content (AvgIpc) is 2.60. The van der Waals surface area contributed by atoms with E-state index in [1.807, 2.05) is 0 Å². The number of hydrogen-bond donors (Lipinski definition) is 2. The zero-order chi connectivity index (χ0) is 19.9. The van der Waals surface area contributed by atoms with Crippen LogP contribution in [0.1, 0.15) is 59.1 Å². The summed E-state index contributed by atoms with van der Waals surface area (Å²) in [5, 5.41) is 7.44. The molecule has 2 aromatic rings. The van der Waals surface area contributed by atoms with Crippen molar-refractivity contribution in [1.82, 2.24) is 10.6 Å². The summed E-state index contributed by atoms with van der Waals surface area (Å²) in [5.74, 6) is 1.65. The van der Waals surface area contributed by atoms with Gasteiger partial charge in [0.25, 0.3) is 0 Å². The Hall–Kier alpha value is -1.64. The van der Waals surface area contributed by atoms with Gasteiger partial charge in [0.15, 0.2) is 0 Å². The van der Waals surface area contributed by atoms with Gasteiger partial charge in [0.05, 0.1) is 0 Å². The van der Waals surface area contributed by atoms with Gasteiger partial charge in [-0.2, -0.15) is 0 Å². The normalized spacial score (nSPS) is 19.7. The maximum absolute atomic E-state index is 3.72. The smallest absolute Gasteiger partial charge is 0.0205 e. The molecule has 0 saturated heterocycles. The Morgan fingerprint density at radius 3 is 1.43 bits per heavy atom. The first-order valence-corrected chi connectivity index (χ1v) is 11.0. The minimum Gasteiger partial charge on any atom is -0.312 e. The lowest BCUT2D eigenvalue weighted by atomic mass is 9.81. The molecule has 2 heteroatoms. The van der Waals surface area contributed by atoms with Crippen molar-refractivity contribution in [2.24, 2.45) is 11.8 Å². The number of rotatable bonds is 8. The molecule has 2 N–H and O–H groups in total. The van der Waals surface area contributed by atoms with Gasteiger partial charge in [-0.05, 0) is 83.0 Å². The molecule has 3 rings (SSSR count). The van der Waals surface area contributed by atoms with Gasteiger partial charge in [-0.25, -0.2) is 0 Å². The van der Waals surface area contributed by atoms with E-state index in [1.165, 1.54) is 59.1 Å². The molecule has 0 radical (unpaired) electrons. The number of benzene rings is 2. The second kappa shape index (κ2) is 10.2. The van der Waals surface area contributed by atoms with Crippen LogP contribution >= 0.6 is 0 Å². The summed E-state index contributed by atoms with van der Waals surface area (Å²) < 4.78 is 0. The van der Waals surface area contributed by atoms with Crippen molar-refractivity contribution < 1.29 is 0 Å². The predicted molar refractivity (Wildman–Crippen MR) is 121 cm³/mol. The highest BCUT2D eigenvalue weighted by atomic mass is 14.9. The molecule has 1 fully saturated rings. The fraction of sp³-hybridized carbons (Fsp3) is 0.538. The molecule has 0 heterocycles. The van der Waals surface area contributed by atoms with Crippen molar-refractivity contribution in [2.75, 3.05) is 13.1 Å². The standard InChI is InChI=1S/C26H38N2/c1-19-8-20(2)11-25(10-19)17-27-15-23-6-5-7-24(14-23)16-28-18-26-12-21(3)9-22(4)13-26/h8-13,23-24,27-28H,5-7,14-18H2,1-4H3. The Morgan fingerprint density at radius 2 is 1.04 bits per heavy atom. The number of aryl methyl sites for hydroxylation is 4. The van der Waals surface area contributed by atoms with E-state index in [1.54, 1.807) is 0 Å². The maximum atomic E-state index is 3.72. The van der Waals surface area contributed by atoms with Gasteiger partial charge in [-0.3, -0.25) is 0 Å². The average molecular weight is 379 g/mol. The van der Waals surface area contributed by atoms with Crippen LogP contribution in [0.15, 0.2) is 36.4 Å². The summed E-state index contributed by atoms with van der Waals surface area (Å²) in [7, 11) is 0.